The van der Waals surface area contributed by atoms with E-state index in [1.807, 2.05) is 0 Å². The van der Waals surface area contributed by atoms with Crippen molar-refractivity contribution in [3.63, 3.8) is 0 Å². The zero-order chi connectivity index (χ0) is 11.5. The number of aliphatic hydroxyl groups excluding tert-OH is 1. The Balaban J connectivity index is 1.94. The van der Waals surface area contributed by atoms with Gasteiger partial charge >= 0.3 is 0 Å². The monoisotopic (exact) mass is 225 g/mol. The summed E-state index contributed by atoms with van der Waals surface area (Å²) < 4.78 is 0. The summed E-state index contributed by atoms with van der Waals surface area (Å²) in [6, 6.07) is 1.53. The average molecular weight is 225 g/mol. The number of rotatable bonds is 4. The van der Waals surface area contributed by atoms with E-state index < -0.39 is 0 Å². The maximum atomic E-state index is 9.23. The van der Waals surface area contributed by atoms with E-state index in [2.05, 4.69) is 18.7 Å². The summed E-state index contributed by atoms with van der Waals surface area (Å²) in [5.74, 6) is 1.74. The van der Waals surface area contributed by atoms with Gasteiger partial charge in [0.1, 0.15) is 0 Å². The third-order valence-electron chi connectivity index (χ3n) is 4.52. The number of hydrogen-bond acceptors (Lipinski definition) is 2. The summed E-state index contributed by atoms with van der Waals surface area (Å²) in [4.78, 5) is 2.62. The first-order valence-corrected chi connectivity index (χ1v) is 7.07. The van der Waals surface area contributed by atoms with Gasteiger partial charge in [0.15, 0.2) is 0 Å². The number of aliphatic hydroxyl groups is 1. The fourth-order valence-corrected chi connectivity index (χ4v) is 3.67. The van der Waals surface area contributed by atoms with Crippen molar-refractivity contribution in [2.45, 2.75) is 64.5 Å². The topological polar surface area (TPSA) is 23.5 Å². The molecule has 0 heterocycles. The lowest BCUT2D eigenvalue weighted by Gasteiger charge is -2.46. The van der Waals surface area contributed by atoms with Crippen LogP contribution in [-0.4, -0.2) is 35.2 Å². The highest BCUT2D eigenvalue weighted by Gasteiger charge is 2.34. The smallest absolute Gasteiger partial charge is 0.0558 e. The second-order valence-electron chi connectivity index (χ2n) is 6.12. The van der Waals surface area contributed by atoms with Crippen LogP contribution in [0.15, 0.2) is 0 Å². The Kier molecular flexibility index (Phi) is 4.26. The summed E-state index contributed by atoms with van der Waals surface area (Å²) in [7, 11) is 0. The lowest BCUT2D eigenvalue weighted by atomic mass is 9.78. The Morgan fingerprint density at radius 1 is 1.00 bits per heavy atom. The van der Waals surface area contributed by atoms with Crippen LogP contribution in [-0.2, 0) is 0 Å². The Morgan fingerprint density at radius 2 is 1.62 bits per heavy atom. The molecule has 0 spiro atoms. The second kappa shape index (κ2) is 5.50. The van der Waals surface area contributed by atoms with Gasteiger partial charge in [-0.1, -0.05) is 20.3 Å². The predicted molar refractivity (Wildman–Crippen MR) is 67.4 cm³/mol. The van der Waals surface area contributed by atoms with Crippen molar-refractivity contribution in [2.24, 2.45) is 11.8 Å². The molecule has 2 aliphatic rings. The fraction of sp³-hybridized carbons (Fsp3) is 1.00. The van der Waals surface area contributed by atoms with Crippen LogP contribution in [0.2, 0.25) is 0 Å². The molecule has 94 valence electrons. The number of nitrogens with zero attached hydrogens (tertiary/aromatic N) is 1. The minimum absolute atomic E-state index is 0.329. The van der Waals surface area contributed by atoms with E-state index in [0.717, 1.165) is 30.5 Å². The molecule has 0 aliphatic heterocycles. The third kappa shape index (κ3) is 2.78. The SMILES string of the molecule is CC1CC(C)CC(N(CCO)C2CCC2)C1. The van der Waals surface area contributed by atoms with Crippen LogP contribution in [0.3, 0.4) is 0 Å². The first-order valence-electron chi connectivity index (χ1n) is 7.07. The van der Waals surface area contributed by atoms with Crippen molar-refractivity contribution in [1.82, 2.24) is 4.90 Å². The molecule has 0 radical (unpaired) electrons. The van der Waals surface area contributed by atoms with Crippen LogP contribution < -0.4 is 0 Å². The van der Waals surface area contributed by atoms with Gasteiger partial charge in [-0.05, 0) is 43.9 Å². The molecule has 0 aromatic heterocycles. The average Bonchev–Trinajstić information content (AvgIpc) is 2.12. The molecule has 2 rings (SSSR count). The molecule has 2 unspecified atom stereocenters. The summed E-state index contributed by atoms with van der Waals surface area (Å²) in [6.45, 7) is 6.01. The Morgan fingerprint density at radius 3 is 2.06 bits per heavy atom. The Hall–Kier alpha value is -0.0800. The molecule has 2 atom stereocenters. The molecule has 0 aromatic carbocycles. The van der Waals surface area contributed by atoms with Crippen LogP contribution in [0.5, 0.6) is 0 Å². The standard InChI is InChI=1S/C14H27NO/c1-11-8-12(2)10-14(9-11)15(6-7-16)13-4-3-5-13/h11-14,16H,3-10H2,1-2H3. The molecule has 0 saturated heterocycles. The normalized spacial score (nSPS) is 36.4. The molecule has 0 bridgehead atoms. The minimum atomic E-state index is 0.329. The lowest BCUT2D eigenvalue weighted by molar-refractivity contribution is 0.0240. The first kappa shape index (κ1) is 12.4. The predicted octanol–water partition coefficient (Wildman–Crippen LogP) is 2.66. The van der Waals surface area contributed by atoms with E-state index in [9.17, 15) is 5.11 Å². The highest BCUT2D eigenvalue weighted by Crippen LogP contribution is 2.35. The van der Waals surface area contributed by atoms with E-state index in [1.54, 1.807) is 0 Å². The molecule has 16 heavy (non-hydrogen) atoms. The van der Waals surface area contributed by atoms with Gasteiger partial charge in [-0.2, -0.15) is 0 Å². The van der Waals surface area contributed by atoms with Crippen LogP contribution in [0.4, 0.5) is 0 Å². The van der Waals surface area contributed by atoms with Gasteiger partial charge in [0.05, 0.1) is 6.61 Å². The zero-order valence-corrected chi connectivity index (χ0v) is 10.9. The molecule has 0 amide bonds. The quantitative estimate of drug-likeness (QED) is 0.795. The maximum absolute atomic E-state index is 9.23. The van der Waals surface area contributed by atoms with Crippen molar-refractivity contribution < 1.29 is 5.11 Å². The minimum Gasteiger partial charge on any atom is -0.395 e. The molecule has 2 heteroatoms. The molecular formula is C14H27NO. The maximum Gasteiger partial charge on any atom is 0.0558 e. The Bertz CT molecular complexity index is 205. The van der Waals surface area contributed by atoms with Gasteiger partial charge in [0.2, 0.25) is 0 Å². The Labute approximate surface area is 100 Å². The van der Waals surface area contributed by atoms with Crippen molar-refractivity contribution >= 4 is 0 Å². The molecule has 2 aliphatic carbocycles. The highest BCUT2D eigenvalue weighted by atomic mass is 16.3. The van der Waals surface area contributed by atoms with Gasteiger partial charge < -0.3 is 5.11 Å². The molecule has 2 saturated carbocycles. The van der Waals surface area contributed by atoms with Crippen molar-refractivity contribution in [2.75, 3.05) is 13.2 Å². The molecule has 1 N–H and O–H groups in total. The van der Waals surface area contributed by atoms with Gasteiger partial charge in [-0.15, -0.1) is 0 Å². The van der Waals surface area contributed by atoms with Crippen molar-refractivity contribution in [3.05, 3.63) is 0 Å². The van der Waals surface area contributed by atoms with Gasteiger partial charge in [-0.3, -0.25) is 4.90 Å². The summed E-state index contributed by atoms with van der Waals surface area (Å²) in [5.41, 5.74) is 0. The molecule has 2 nitrogen and oxygen atoms in total. The lowest BCUT2D eigenvalue weighted by Crippen LogP contribution is -2.50. The second-order valence-corrected chi connectivity index (χ2v) is 6.12. The van der Waals surface area contributed by atoms with Crippen LogP contribution in [0.25, 0.3) is 0 Å². The van der Waals surface area contributed by atoms with Crippen LogP contribution >= 0.6 is 0 Å². The first-order chi connectivity index (χ1) is 7.70. The van der Waals surface area contributed by atoms with E-state index in [1.165, 1.54) is 38.5 Å². The summed E-state index contributed by atoms with van der Waals surface area (Å²) >= 11 is 0. The number of hydrogen-bond donors (Lipinski definition) is 1. The third-order valence-corrected chi connectivity index (χ3v) is 4.52. The van der Waals surface area contributed by atoms with Crippen molar-refractivity contribution in [3.8, 4) is 0 Å². The van der Waals surface area contributed by atoms with Crippen LogP contribution in [0.1, 0.15) is 52.4 Å². The fourth-order valence-electron chi connectivity index (χ4n) is 3.67. The summed E-state index contributed by atoms with van der Waals surface area (Å²) in [6.07, 6.45) is 8.21. The largest absolute Gasteiger partial charge is 0.395 e. The molecule has 0 aromatic rings. The van der Waals surface area contributed by atoms with E-state index >= 15 is 0 Å². The highest BCUT2D eigenvalue weighted by molar-refractivity contribution is 4.88. The van der Waals surface area contributed by atoms with Gasteiger partial charge in [-0.25, -0.2) is 0 Å². The van der Waals surface area contributed by atoms with E-state index in [4.69, 9.17) is 0 Å². The zero-order valence-electron chi connectivity index (χ0n) is 10.9. The molecule has 2 fully saturated rings. The summed E-state index contributed by atoms with van der Waals surface area (Å²) in [5, 5.41) is 9.23. The van der Waals surface area contributed by atoms with E-state index in [-0.39, 0.29) is 0 Å². The van der Waals surface area contributed by atoms with Crippen LogP contribution in [0, 0.1) is 11.8 Å². The molecular weight excluding hydrogens is 198 g/mol. The van der Waals surface area contributed by atoms with Gasteiger partial charge in [0, 0.05) is 18.6 Å². The van der Waals surface area contributed by atoms with Crippen molar-refractivity contribution in [1.29, 1.82) is 0 Å². The van der Waals surface area contributed by atoms with E-state index in [0.29, 0.717) is 6.61 Å². The van der Waals surface area contributed by atoms with Gasteiger partial charge in [0.25, 0.3) is 0 Å².